The predicted octanol–water partition coefficient (Wildman–Crippen LogP) is 3.50. The van der Waals surface area contributed by atoms with Crippen LogP contribution in [0.5, 0.6) is 0 Å². The molecule has 0 bridgehead atoms. The SMILES string of the molecule is CN1CCCN(C(=O)c2ccc3c(c2)n(CC2CC2)c(=O)n3C2CCCCC2)CC1. The third-order valence-corrected chi connectivity index (χ3v) is 7.29. The molecule has 5 rings (SSSR count). The third-order valence-electron chi connectivity index (χ3n) is 7.29. The average Bonchev–Trinajstić information content (AvgIpc) is 3.57. The molecule has 162 valence electrons. The van der Waals surface area contributed by atoms with Gasteiger partial charge in [-0.05, 0) is 69.8 Å². The summed E-state index contributed by atoms with van der Waals surface area (Å²) in [5.74, 6) is 0.719. The minimum atomic E-state index is 0.100. The summed E-state index contributed by atoms with van der Waals surface area (Å²) in [5, 5.41) is 0. The zero-order valence-corrected chi connectivity index (χ0v) is 18.2. The van der Waals surface area contributed by atoms with Crippen molar-refractivity contribution in [2.24, 2.45) is 5.92 Å². The van der Waals surface area contributed by atoms with Crippen LogP contribution in [0.15, 0.2) is 23.0 Å². The first kappa shape index (κ1) is 19.9. The number of likely N-dealkylation sites (N-methyl/N-ethyl adjacent to an activating group) is 1. The lowest BCUT2D eigenvalue weighted by Crippen LogP contribution is -2.34. The Kier molecular flexibility index (Phi) is 5.44. The van der Waals surface area contributed by atoms with Gasteiger partial charge in [-0.25, -0.2) is 4.79 Å². The number of hydrogen-bond donors (Lipinski definition) is 0. The monoisotopic (exact) mass is 410 g/mol. The van der Waals surface area contributed by atoms with E-state index >= 15 is 0 Å². The number of aromatic nitrogens is 2. The second kappa shape index (κ2) is 8.22. The summed E-state index contributed by atoms with van der Waals surface area (Å²) < 4.78 is 4.01. The first-order chi connectivity index (χ1) is 14.6. The van der Waals surface area contributed by atoms with Crippen molar-refractivity contribution >= 4 is 16.9 Å². The fraction of sp³-hybridized carbons (Fsp3) is 0.667. The van der Waals surface area contributed by atoms with Crippen LogP contribution in [0.25, 0.3) is 11.0 Å². The number of imidazole rings is 1. The average molecular weight is 411 g/mol. The Morgan fingerprint density at radius 2 is 1.73 bits per heavy atom. The van der Waals surface area contributed by atoms with E-state index in [1.165, 1.54) is 32.1 Å². The van der Waals surface area contributed by atoms with Crippen LogP contribution in [0.3, 0.4) is 0 Å². The number of hydrogen-bond acceptors (Lipinski definition) is 3. The summed E-state index contributed by atoms with van der Waals surface area (Å²) in [6.07, 6.45) is 9.28. The lowest BCUT2D eigenvalue weighted by Gasteiger charge is -2.23. The first-order valence-electron chi connectivity index (χ1n) is 11.8. The van der Waals surface area contributed by atoms with Crippen molar-refractivity contribution in [3.63, 3.8) is 0 Å². The summed E-state index contributed by atoms with van der Waals surface area (Å²) in [5.41, 5.74) is 2.82. The van der Waals surface area contributed by atoms with Crippen molar-refractivity contribution in [2.75, 3.05) is 33.2 Å². The molecule has 3 aliphatic rings. The third kappa shape index (κ3) is 3.82. The highest BCUT2D eigenvalue weighted by Gasteiger charge is 2.28. The van der Waals surface area contributed by atoms with Crippen LogP contribution in [-0.2, 0) is 6.54 Å². The Hall–Kier alpha value is -2.08. The molecule has 0 radical (unpaired) electrons. The molecule has 1 aliphatic heterocycles. The molecule has 6 nitrogen and oxygen atoms in total. The van der Waals surface area contributed by atoms with E-state index in [4.69, 9.17) is 0 Å². The van der Waals surface area contributed by atoms with Gasteiger partial charge in [0.2, 0.25) is 0 Å². The Morgan fingerprint density at radius 1 is 0.933 bits per heavy atom. The fourth-order valence-electron chi connectivity index (χ4n) is 5.27. The van der Waals surface area contributed by atoms with Crippen molar-refractivity contribution < 1.29 is 4.79 Å². The molecule has 2 aromatic rings. The van der Waals surface area contributed by atoms with Crippen LogP contribution in [0.1, 0.15) is 67.8 Å². The predicted molar refractivity (Wildman–Crippen MR) is 119 cm³/mol. The molecule has 1 saturated heterocycles. The van der Waals surface area contributed by atoms with E-state index in [0.29, 0.717) is 12.0 Å². The fourth-order valence-corrected chi connectivity index (χ4v) is 5.27. The summed E-state index contributed by atoms with van der Waals surface area (Å²) in [6, 6.07) is 6.28. The Labute approximate surface area is 178 Å². The van der Waals surface area contributed by atoms with E-state index in [0.717, 1.165) is 68.6 Å². The highest BCUT2D eigenvalue weighted by Crippen LogP contribution is 2.34. The Balaban J connectivity index is 1.52. The van der Waals surface area contributed by atoms with Gasteiger partial charge in [-0.3, -0.25) is 13.9 Å². The van der Waals surface area contributed by atoms with Crippen molar-refractivity contribution in [3.05, 3.63) is 34.2 Å². The van der Waals surface area contributed by atoms with Gasteiger partial charge in [-0.2, -0.15) is 0 Å². The minimum Gasteiger partial charge on any atom is -0.337 e. The molecule has 2 saturated carbocycles. The second-order valence-corrected chi connectivity index (χ2v) is 9.65. The zero-order chi connectivity index (χ0) is 20.7. The van der Waals surface area contributed by atoms with Gasteiger partial charge in [0.1, 0.15) is 0 Å². The summed E-state index contributed by atoms with van der Waals surface area (Å²) >= 11 is 0. The molecule has 1 amide bonds. The molecule has 0 spiro atoms. The molecule has 2 aliphatic carbocycles. The van der Waals surface area contributed by atoms with Crippen molar-refractivity contribution in [2.45, 2.75) is 64.0 Å². The van der Waals surface area contributed by atoms with Gasteiger partial charge in [-0.1, -0.05) is 19.3 Å². The summed E-state index contributed by atoms with van der Waals surface area (Å²) in [7, 11) is 2.12. The van der Waals surface area contributed by atoms with Gasteiger partial charge in [-0.15, -0.1) is 0 Å². The molecule has 30 heavy (non-hydrogen) atoms. The second-order valence-electron chi connectivity index (χ2n) is 9.65. The largest absolute Gasteiger partial charge is 0.337 e. The van der Waals surface area contributed by atoms with Crippen LogP contribution in [0.4, 0.5) is 0 Å². The molecular formula is C24H34N4O2. The molecule has 1 aromatic heterocycles. The van der Waals surface area contributed by atoms with Crippen LogP contribution in [-0.4, -0.2) is 58.1 Å². The normalized spacial score (nSPS) is 21.8. The van der Waals surface area contributed by atoms with Crippen LogP contribution in [0, 0.1) is 5.92 Å². The number of amides is 1. The van der Waals surface area contributed by atoms with Crippen molar-refractivity contribution in [1.29, 1.82) is 0 Å². The molecule has 2 heterocycles. The van der Waals surface area contributed by atoms with E-state index < -0.39 is 0 Å². The number of fused-ring (bicyclic) bond motifs is 1. The maximum atomic E-state index is 13.4. The molecule has 0 unspecified atom stereocenters. The Bertz CT molecular complexity index is 981. The summed E-state index contributed by atoms with van der Waals surface area (Å²) in [6.45, 7) is 4.32. The zero-order valence-electron chi connectivity index (χ0n) is 18.2. The van der Waals surface area contributed by atoms with E-state index in [-0.39, 0.29) is 11.6 Å². The Morgan fingerprint density at radius 3 is 2.50 bits per heavy atom. The maximum Gasteiger partial charge on any atom is 0.329 e. The highest BCUT2D eigenvalue weighted by atomic mass is 16.2. The van der Waals surface area contributed by atoms with Gasteiger partial charge in [0.25, 0.3) is 5.91 Å². The smallest absolute Gasteiger partial charge is 0.329 e. The molecule has 3 fully saturated rings. The van der Waals surface area contributed by atoms with Gasteiger partial charge >= 0.3 is 5.69 Å². The molecule has 6 heteroatoms. The quantitative estimate of drug-likeness (QED) is 0.775. The molecule has 0 N–H and O–H groups in total. The number of rotatable bonds is 4. The number of carbonyl (C=O) groups excluding carboxylic acids is 1. The lowest BCUT2D eigenvalue weighted by molar-refractivity contribution is 0.0763. The van der Waals surface area contributed by atoms with Crippen LogP contribution < -0.4 is 5.69 Å². The first-order valence-corrected chi connectivity index (χ1v) is 11.8. The molecular weight excluding hydrogens is 376 g/mol. The van der Waals surface area contributed by atoms with Gasteiger partial charge in [0.05, 0.1) is 11.0 Å². The number of carbonyl (C=O) groups is 1. The van der Waals surface area contributed by atoms with Gasteiger partial charge < -0.3 is 9.80 Å². The van der Waals surface area contributed by atoms with E-state index in [2.05, 4.69) is 11.9 Å². The van der Waals surface area contributed by atoms with Crippen LogP contribution in [0.2, 0.25) is 0 Å². The van der Waals surface area contributed by atoms with E-state index in [9.17, 15) is 9.59 Å². The number of benzene rings is 1. The highest BCUT2D eigenvalue weighted by molar-refractivity contribution is 5.97. The molecule has 1 aromatic carbocycles. The summed E-state index contributed by atoms with van der Waals surface area (Å²) in [4.78, 5) is 31.0. The maximum absolute atomic E-state index is 13.4. The van der Waals surface area contributed by atoms with Crippen molar-refractivity contribution in [1.82, 2.24) is 18.9 Å². The minimum absolute atomic E-state index is 0.100. The molecule has 0 atom stereocenters. The van der Waals surface area contributed by atoms with Gasteiger partial charge in [0.15, 0.2) is 0 Å². The van der Waals surface area contributed by atoms with E-state index in [1.54, 1.807) is 0 Å². The van der Waals surface area contributed by atoms with E-state index in [1.807, 2.05) is 32.2 Å². The lowest BCUT2D eigenvalue weighted by atomic mass is 9.95. The van der Waals surface area contributed by atoms with Crippen LogP contribution >= 0.6 is 0 Å². The standard InChI is InChI=1S/C24H34N4O2/c1-25-12-5-13-26(15-14-25)23(29)19-10-11-21-22(16-19)27(17-18-8-9-18)24(30)28(21)20-6-3-2-4-7-20/h10-11,16,18,20H,2-9,12-15,17H2,1H3. The number of nitrogens with zero attached hydrogens (tertiary/aromatic N) is 4. The topological polar surface area (TPSA) is 50.5 Å². The van der Waals surface area contributed by atoms with Gasteiger partial charge in [0, 0.05) is 37.8 Å². The van der Waals surface area contributed by atoms with Crippen molar-refractivity contribution in [3.8, 4) is 0 Å².